The van der Waals surface area contributed by atoms with Crippen LogP contribution in [-0.2, 0) is 0 Å². The Morgan fingerprint density at radius 3 is 2.25 bits per heavy atom. The second kappa shape index (κ2) is 5.50. The van der Waals surface area contributed by atoms with Crippen molar-refractivity contribution in [1.82, 2.24) is 0 Å². The molecule has 0 saturated heterocycles. The van der Waals surface area contributed by atoms with Gasteiger partial charge in [0.15, 0.2) is 0 Å². The summed E-state index contributed by atoms with van der Waals surface area (Å²) in [5.41, 5.74) is 2.38. The third-order valence-electron chi connectivity index (χ3n) is 10.0. The fourth-order valence-corrected chi connectivity index (χ4v) is 8.63. The van der Waals surface area contributed by atoms with Gasteiger partial charge in [0.05, 0.1) is 0 Å². The van der Waals surface area contributed by atoms with Crippen LogP contribution in [0.25, 0.3) is 0 Å². The molecule has 7 atom stereocenters. The first kappa shape index (κ1) is 16.2. The Bertz CT molecular complexity index is 494. The molecule has 5 fully saturated rings. The summed E-state index contributed by atoms with van der Waals surface area (Å²) in [5.74, 6) is 4.35. The van der Waals surface area contributed by atoms with Gasteiger partial charge in [-0.2, -0.15) is 0 Å². The normalized spacial score (nSPS) is 57.2. The summed E-state index contributed by atoms with van der Waals surface area (Å²) in [4.78, 5) is 0. The zero-order valence-corrected chi connectivity index (χ0v) is 16.4. The fraction of sp³-hybridized carbons (Fsp3) is 1.00. The van der Waals surface area contributed by atoms with E-state index in [0.717, 1.165) is 34.5 Å². The predicted molar refractivity (Wildman–Crippen MR) is 102 cm³/mol. The first-order chi connectivity index (χ1) is 11.5. The van der Waals surface area contributed by atoms with Crippen molar-refractivity contribution in [1.29, 1.82) is 0 Å². The van der Waals surface area contributed by atoms with E-state index in [-0.39, 0.29) is 0 Å². The average molecular weight is 329 g/mol. The van der Waals surface area contributed by atoms with Gasteiger partial charge in [-0.3, -0.25) is 0 Å². The van der Waals surface area contributed by atoms with Crippen molar-refractivity contribution in [2.75, 3.05) is 0 Å². The van der Waals surface area contributed by atoms with Crippen molar-refractivity contribution in [3.8, 4) is 0 Å². The molecule has 1 spiro atoms. The van der Waals surface area contributed by atoms with Gasteiger partial charge in [0.25, 0.3) is 0 Å². The molecule has 5 saturated carbocycles. The van der Waals surface area contributed by atoms with Gasteiger partial charge in [-0.1, -0.05) is 52.4 Å². The van der Waals surface area contributed by atoms with E-state index < -0.39 is 0 Å². The second-order valence-electron chi connectivity index (χ2n) is 11.7. The highest BCUT2D eigenvalue weighted by Crippen LogP contribution is 2.83. The summed E-state index contributed by atoms with van der Waals surface area (Å²) < 4.78 is 0. The van der Waals surface area contributed by atoms with Gasteiger partial charge in [0.2, 0.25) is 0 Å². The molecule has 0 amide bonds. The van der Waals surface area contributed by atoms with Gasteiger partial charge in [-0.05, 0) is 97.7 Å². The molecular weight excluding hydrogens is 288 g/mol. The predicted octanol–water partition coefficient (Wildman–Crippen LogP) is 7.37. The van der Waals surface area contributed by atoms with Crippen molar-refractivity contribution in [3.05, 3.63) is 0 Å². The summed E-state index contributed by atoms with van der Waals surface area (Å²) in [5, 5.41) is 0. The zero-order chi connectivity index (χ0) is 16.4. The van der Waals surface area contributed by atoms with E-state index in [1.165, 1.54) is 25.7 Å². The van der Waals surface area contributed by atoms with Crippen LogP contribution in [0.2, 0.25) is 0 Å². The molecule has 0 heterocycles. The zero-order valence-electron chi connectivity index (χ0n) is 16.4. The Kier molecular flexibility index (Phi) is 3.71. The van der Waals surface area contributed by atoms with E-state index in [2.05, 4.69) is 13.8 Å². The van der Waals surface area contributed by atoms with E-state index >= 15 is 0 Å². The van der Waals surface area contributed by atoms with Crippen molar-refractivity contribution >= 4 is 0 Å². The molecule has 0 aromatic heterocycles. The summed E-state index contributed by atoms with van der Waals surface area (Å²) in [6.07, 6.45) is 23.5. The summed E-state index contributed by atoms with van der Waals surface area (Å²) in [6, 6.07) is 0. The van der Waals surface area contributed by atoms with Crippen LogP contribution >= 0.6 is 0 Å². The highest BCUT2D eigenvalue weighted by Gasteiger charge is 2.75. The first-order valence-electron chi connectivity index (χ1n) is 11.5. The van der Waals surface area contributed by atoms with Crippen LogP contribution in [-0.4, -0.2) is 0 Å². The van der Waals surface area contributed by atoms with Crippen LogP contribution in [0.5, 0.6) is 0 Å². The highest BCUT2D eigenvalue weighted by atomic mass is 14.8. The largest absolute Gasteiger partial charge is 0.0620 e. The van der Waals surface area contributed by atoms with Gasteiger partial charge in [0.1, 0.15) is 0 Å². The molecule has 0 N–H and O–H groups in total. The van der Waals surface area contributed by atoms with Gasteiger partial charge >= 0.3 is 0 Å². The molecule has 0 heteroatoms. The Balaban J connectivity index is 1.44. The maximum atomic E-state index is 2.66. The van der Waals surface area contributed by atoms with Crippen LogP contribution in [0.4, 0.5) is 0 Å². The maximum absolute atomic E-state index is 2.66. The maximum Gasteiger partial charge on any atom is -0.0230 e. The first-order valence-corrected chi connectivity index (χ1v) is 11.5. The Morgan fingerprint density at radius 2 is 1.46 bits per heavy atom. The van der Waals surface area contributed by atoms with Crippen molar-refractivity contribution in [2.24, 2.45) is 39.9 Å². The minimum absolute atomic E-state index is 0.717. The number of fused-ring (bicyclic) bond motifs is 3. The number of rotatable bonds is 0. The van der Waals surface area contributed by atoms with E-state index in [1.54, 1.807) is 70.6 Å². The van der Waals surface area contributed by atoms with Crippen LogP contribution in [0, 0.1) is 39.9 Å². The minimum atomic E-state index is 0.717. The molecule has 0 aliphatic heterocycles. The highest BCUT2D eigenvalue weighted by molar-refractivity contribution is 5.24. The van der Waals surface area contributed by atoms with E-state index in [9.17, 15) is 0 Å². The minimum Gasteiger partial charge on any atom is -0.0620 e. The molecule has 0 nitrogen and oxygen atoms in total. The molecule has 136 valence electrons. The van der Waals surface area contributed by atoms with Crippen molar-refractivity contribution in [3.63, 3.8) is 0 Å². The van der Waals surface area contributed by atoms with E-state index in [0.29, 0.717) is 5.41 Å². The average Bonchev–Trinajstić information content (AvgIpc) is 2.98. The molecule has 5 bridgehead atoms. The van der Waals surface area contributed by atoms with Gasteiger partial charge in [-0.25, -0.2) is 0 Å². The smallest absolute Gasteiger partial charge is 0.0230 e. The van der Waals surface area contributed by atoms with E-state index in [4.69, 9.17) is 0 Å². The van der Waals surface area contributed by atoms with Crippen molar-refractivity contribution in [2.45, 2.75) is 110 Å². The lowest BCUT2D eigenvalue weighted by molar-refractivity contribution is -0.0489. The van der Waals surface area contributed by atoms with Crippen LogP contribution < -0.4 is 0 Å². The molecule has 7 unspecified atom stereocenters. The van der Waals surface area contributed by atoms with Gasteiger partial charge in [-0.15, -0.1) is 0 Å². The topological polar surface area (TPSA) is 0 Å². The van der Waals surface area contributed by atoms with E-state index in [1.807, 2.05) is 0 Å². The van der Waals surface area contributed by atoms with Crippen LogP contribution in [0.15, 0.2) is 0 Å². The molecule has 0 aromatic rings. The molecule has 0 radical (unpaired) electrons. The number of hydrogen-bond acceptors (Lipinski definition) is 0. The molecule has 0 aromatic carbocycles. The lowest BCUT2D eigenvalue weighted by atomic mass is 9.51. The molecular formula is C24H40. The second-order valence-corrected chi connectivity index (χ2v) is 11.7. The van der Waals surface area contributed by atoms with Gasteiger partial charge < -0.3 is 0 Å². The SMILES string of the molecule is CC1CCCCCCC2CCC3(C)CCC(C3)CC34CC3C1(C2)C4. The van der Waals surface area contributed by atoms with Crippen LogP contribution in [0.1, 0.15) is 110 Å². The lowest BCUT2D eigenvalue weighted by Gasteiger charge is -2.54. The molecule has 5 aliphatic rings. The van der Waals surface area contributed by atoms with Crippen LogP contribution in [0.3, 0.4) is 0 Å². The Hall–Kier alpha value is 0. The summed E-state index contributed by atoms with van der Waals surface area (Å²) in [7, 11) is 0. The Morgan fingerprint density at radius 1 is 0.708 bits per heavy atom. The summed E-state index contributed by atoms with van der Waals surface area (Å²) in [6.45, 7) is 5.31. The Labute approximate surface area is 150 Å². The summed E-state index contributed by atoms with van der Waals surface area (Å²) >= 11 is 0. The molecule has 5 aliphatic carbocycles. The van der Waals surface area contributed by atoms with Gasteiger partial charge in [0, 0.05) is 0 Å². The third-order valence-corrected chi connectivity index (χ3v) is 10.0. The van der Waals surface area contributed by atoms with Crippen molar-refractivity contribution < 1.29 is 0 Å². The quantitative estimate of drug-likeness (QED) is 0.435. The third kappa shape index (κ3) is 2.44. The number of hydrogen-bond donors (Lipinski definition) is 0. The standard InChI is InChI=1S/C24H40/c1-18-7-5-3-4-6-8-19-9-11-22(2)12-10-20(13-22)14-23-16-21(23)24(18,15-19)17-23/h18-21H,3-17H2,1-2H3. The molecule has 24 heavy (non-hydrogen) atoms. The monoisotopic (exact) mass is 328 g/mol. The lowest BCUT2D eigenvalue weighted by Crippen LogP contribution is -2.46. The molecule has 5 rings (SSSR count). The fourth-order valence-electron chi connectivity index (χ4n) is 8.63.